The van der Waals surface area contributed by atoms with Crippen LogP contribution < -0.4 is 14.8 Å². The van der Waals surface area contributed by atoms with E-state index in [0.29, 0.717) is 72.2 Å². The number of carboxylic acid groups (broad SMARTS) is 1. The van der Waals surface area contributed by atoms with Crippen LogP contribution in [0.25, 0.3) is 33.4 Å². The van der Waals surface area contributed by atoms with Gasteiger partial charge in [0.2, 0.25) is 11.0 Å². The Hall–Kier alpha value is -3.86. The van der Waals surface area contributed by atoms with Crippen molar-refractivity contribution in [2.75, 3.05) is 18.0 Å². The van der Waals surface area contributed by atoms with Crippen molar-refractivity contribution in [2.45, 2.75) is 66.4 Å². The Morgan fingerprint density at radius 3 is 2.15 bits per heavy atom. The van der Waals surface area contributed by atoms with E-state index in [1.165, 1.54) is 0 Å². The molecule has 0 saturated carbocycles. The number of carbonyl (C=O) groups is 2. The van der Waals surface area contributed by atoms with Crippen molar-refractivity contribution in [1.29, 1.82) is 0 Å². The zero-order valence-electron chi connectivity index (χ0n) is 33.9. The lowest BCUT2D eigenvalue weighted by Gasteiger charge is -2.27. The van der Waals surface area contributed by atoms with Crippen LogP contribution in [0.1, 0.15) is 68.1 Å². The van der Waals surface area contributed by atoms with Gasteiger partial charge in [-0.2, -0.15) is 13.0 Å². The maximum Gasteiger partial charge on any atom is 0.337 e. The van der Waals surface area contributed by atoms with Crippen LogP contribution in [-0.2, 0) is 26.3 Å². The smallest absolute Gasteiger partial charge is 0.337 e. The highest BCUT2D eigenvalue weighted by Crippen LogP contribution is 2.52. The van der Waals surface area contributed by atoms with Gasteiger partial charge in [-0.25, -0.2) is 4.79 Å². The minimum atomic E-state index is -4.85. The Kier molecular flexibility index (Phi) is 13.6. The summed E-state index contributed by atoms with van der Waals surface area (Å²) in [5.74, 6) is -0.952. The highest BCUT2D eigenvalue weighted by atomic mass is 79.9. The third-order valence-corrected chi connectivity index (χ3v) is 16.8. The number of halogens is 4. The monoisotopic (exact) mass is 1090 g/mol. The molecular weight excluding hydrogens is 1050 g/mol. The summed E-state index contributed by atoms with van der Waals surface area (Å²) in [6.07, 6.45) is 0.633. The number of carboxylic acids is 1. The number of anilines is 2. The predicted molar refractivity (Wildman–Crippen MR) is 250 cm³/mol. The normalized spacial score (nSPS) is 12.5. The van der Waals surface area contributed by atoms with Gasteiger partial charge < -0.3 is 19.2 Å². The summed E-state index contributed by atoms with van der Waals surface area (Å²) in [5, 5.41) is 11.4. The first kappa shape index (κ1) is 45.7. The summed E-state index contributed by atoms with van der Waals surface area (Å²) >= 11 is 14.1. The van der Waals surface area contributed by atoms with Crippen LogP contribution in [0.3, 0.4) is 0 Å². The second kappa shape index (κ2) is 17.9. The molecule has 0 radical (unpaired) electrons. The quantitative estimate of drug-likeness (QED) is 0.0306. The first-order valence-corrected chi connectivity index (χ1v) is 23.7. The van der Waals surface area contributed by atoms with Gasteiger partial charge in [0.1, 0.15) is 29.4 Å². The molecule has 0 fully saturated rings. The summed E-state index contributed by atoms with van der Waals surface area (Å²) in [5.41, 5.74) is 5.63. The van der Waals surface area contributed by atoms with Gasteiger partial charge in [0.15, 0.2) is 0 Å². The van der Waals surface area contributed by atoms with Crippen LogP contribution in [0.15, 0.2) is 100.0 Å². The number of nitrogens with zero attached hydrogens (tertiary/aromatic N) is 2. The van der Waals surface area contributed by atoms with Crippen molar-refractivity contribution >= 4 is 114 Å². The van der Waals surface area contributed by atoms with E-state index in [0.717, 1.165) is 27.7 Å². The van der Waals surface area contributed by atoms with Gasteiger partial charge in [0, 0.05) is 65.4 Å². The molecule has 0 aromatic heterocycles. The lowest BCUT2D eigenvalue weighted by molar-refractivity contribution is -0.155. The number of rotatable bonds is 12. The molecule has 1 aliphatic carbocycles. The van der Waals surface area contributed by atoms with Crippen molar-refractivity contribution < 1.29 is 36.8 Å². The molecule has 4 aromatic rings. The highest BCUT2D eigenvalue weighted by molar-refractivity contribution is 9.15. The van der Waals surface area contributed by atoms with Crippen molar-refractivity contribution in [3.05, 3.63) is 118 Å². The number of benzene rings is 5. The number of esters is 1. The Morgan fingerprint density at radius 1 is 0.850 bits per heavy atom. The first-order chi connectivity index (χ1) is 28.3. The molecule has 15 heteroatoms. The molecule has 10 nitrogen and oxygen atoms in total. The van der Waals surface area contributed by atoms with Crippen LogP contribution in [0, 0.1) is 19.3 Å². The average molecular weight is 1090 g/mol. The van der Waals surface area contributed by atoms with Gasteiger partial charge in [-0.1, -0.05) is 31.2 Å². The summed E-state index contributed by atoms with van der Waals surface area (Å²) in [6, 6.07) is 22.1. The molecule has 60 heavy (non-hydrogen) atoms. The fourth-order valence-electron chi connectivity index (χ4n) is 7.38. The van der Waals surface area contributed by atoms with Crippen LogP contribution in [-0.4, -0.2) is 43.1 Å². The Bertz CT molecular complexity index is 2870. The van der Waals surface area contributed by atoms with Gasteiger partial charge in [-0.3, -0.25) is 9.35 Å². The molecule has 0 spiro atoms. The zero-order valence-corrected chi connectivity index (χ0v) is 41.1. The lowest BCUT2D eigenvalue weighted by Crippen LogP contribution is -2.28. The fourth-order valence-corrected chi connectivity index (χ4v) is 11.4. The molecular formula is C45H43Br4N2O8S+. The number of hydrogen-bond donors (Lipinski definition) is 2. The molecule has 314 valence electrons. The largest absolute Gasteiger partial charge is 0.478 e. The minimum Gasteiger partial charge on any atom is -0.478 e. The topological polar surface area (TPSA) is 137 Å². The van der Waals surface area contributed by atoms with Gasteiger partial charge in [0.25, 0.3) is 10.1 Å². The van der Waals surface area contributed by atoms with Crippen molar-refractivity contribution in [3.63, 3.8) is 0 Å². The Labute approximate surface area is 382 Å². The minimum absolute atomic E-state index is 0.0729. The van der Waals surface area contributed by atoms with Crippen molar-refractivity contribution in [1.82, 2.24) is 4.58 Å². The van der Waals surface area contributed by atoms with Gasteiger partial charge >= 0.3 is 11.9 Å². The lowest BCUT2D eigenvalue weighted by atomic mass is 9.91. The Balaban J connectivity index is 1.72. The van der Waals surface area contributed by atoms with E-state index in [4.69, 9.17) is 9.15 Å². The maximum absolute atomic E-state index is 13.3. The SMILES string of the molecule is CCN(c1ccc2c(-c3c(Br)c(Br)c(Br)c(Br)c3S(=O)(=O)O)c3cc/c(=[N+](/CC)c4c(C)cccc4COC(=O)C(C)(C)CC)cc-3oc2c1)c1c(C)cccc1C(=O)O. The number of fused-ring (bicyclic) bond motifs is 2. The van der Waals surface area contributed by atoms with E-state index >= 15 is 0 Å². The molecule has 0 atom stereocenters. The highest BCUT2D eigenvalue weighted by Gasteiger charge is 2.33. The number of aromatic carboxylic acids is 1. The first-order valence-electron chi connectivity index (χ1n) is 19.1. The van der Waals surface area contributed by atoms with Crippen LogP contribution >= 0.6 is 63.7 Å². The number of carbonyl (C=O) groups excluding carboxylic acids is 1. The molecule has 1 aliphatic heterocycles. The second-order valence-corrected chi connectivity index (χ2v) is 19.5. The molecule has 2 N–H and O–H groups in total. The predicted octanol–water partition coefficient (Wildman–Crippen LogP) is 12.6. The van der Waals surface area contributed by atoms with E-state index in [1.807, 2.05) is 102 Å². The molecule has 0 unspecified atom stereocenters. The number of para-hydroxylation sites is 2. The molecule has 2 aliphatic rings. The summed E-state index contributed by atoms with van der Waals surface area (Å²) in [7, 11) is -4.85. The van der Waals surface area contributed by atoms with Crippen LogP contribution in [0.2, 0.25) is 0 Å². The molecule has 0 saturated heterocycles. The van der Waals surface area contributed by atoms with E-state index in [1.54, 1.807) is 24.3 Å². The van der Waals surface area contributed by atoms with Gasteiger partial charge in [-0.05, 0) is 148 Å². The number of hydrogen-bond acceptors (Lipinski definition) is 7. The molecule has 4 aromatic carbocycles. The van der Waals surface area contributed by atoms with Crippen LogP contribution in [0.5, 0.6) is 0 Å². The van der Waals surface area contributed by atoms with E-state index in [2.05, 4.69) is 68.3 Å². The number of aryl methyl sites for hydroxylation is 2. The third-order valence-electron chi connectivity index (χ3n) is 10.8. The standard InChI is InChI=1S/C45H42Br4N2O8S/c1-8-45(6,7)44(54)58-23-26-15-11-13-24(4)40(26)50(9-2)27-17-19-29-32(21-27)59-33-22-28(51(10-3)41-25(5)14-12-16-31(41)43(52)53)18-20-30(33)34(29)35-36(46)37(47)38(48)39(49)42(35)60(55,56)57/h11-22H,8-10,23H2,1-7H3,(H-,52,53,55,56,57)/p+1. The van der Waals surface area contributed by atoms with Crippen LogP contribution in [0.4, 0.5) is 17.1 Å². The molecule has 1 heterocycles. The fraction of sp³-hybridized carbons (Fsp3) is 0.267. The molecule has 6 rings (SSSR count). The summed E-state index contributed by atoms with van der Waals surface area (Å²) < 4.78 is 53.5. The molecule has 0 bridgehead atoms. The third kappa shape index (κ3) is 8.50. The van der Waals surface area contributed by atoms with E-state index in [9.17, 15) is 27.7 Å². The average Bonchev–Trinajstić information content (AvgIpc) is 3.20. The van der Waals surface area contributed by atoms with Gasteiger partial charge in [-0.15, -0.1) is 0 Å². The van der Waals surface area contributed by atoms with Gasteiger partial charge in [0.05, 0.1) is 32.8 Å². The number of ether oxygens (including phenoxy) is 1. The maximum atomic E-state index is 13.3. The van der Waals surface area contributed by atoms with E-state index in [-0.39, 0.29) is 33.1 Å². The van der Waals surface area contributed by atoms with E-state index < -0.39 is 21.5 Å². The van der Waals surface area contributed by atoms with Crippen molar-refractivity contribution in [2.24, 2.45) is 5.41 Å². The second-order valence-electron chi connectivity index (χ2n) is 14.9. The summed E-state index contributed by atoms with van der Waals surface area (Å²) in [4.78, 5) is 27.0. The Morgan fingerprint density at radius 2 is 1.52 bits per heavy atom. The zero-order chi connectivity index (χ0) is 44.0. The molecule has 0 amide bonds. The summed E-state index contributed by atoms with van der Waals surface area (Å²) in [6.45, 7) is 14.5. The van der Waals surface area contributed by atoms with Crippen molar-refractivity contribution in [3.8, 4) is 22.5 Å².